The molecule has 1 N–H and O–H groups in total. The van der Waals surface area contributed by atoms with Crippen molar-refractivity contribution in [1.29, 1.82) is 0 Å². The first-order valence-corrected chi connectivity index (χ1v) is 14.0. The van der Waals surface area contributed by atoms with Crippen molar-refractivity contribution in [3.63, 3.8) is 0 Å². The number of likely N-dealkylation sites (tertiary alicyclic amines) is 1. The maximum Gasteiger partial charge on any atom is 0.226 e. The molecule has 2 aromatic carbocycles. The lowest BCUT2D eigenvalue weighted by molar-refractivity contribution is -0.126. The minimum absolute atomic E-state index is 0.0243. The molecule has 4 rings (SSSR count). The van der Waals surface area contributed by atoms with Crippen LogP contribution in [0, 0.1) is 12.8 Å². The van der Waals surface area contributed by atoms with Crippen LogP contribution in [0.25, 0.3) is 11.5 Å². The van der Waals surface area contributed by atoms with E-state index in [2.05, 4.69) is 10.2 Å². The van der Waals surface area contributed by atoms with Crippen molar-refractivity contribution >= 4 is 5.91 Å². The number of hydrogen-bond donors (Lipinski definition) is 1. The summed E-state index contributed by atoms with van der Waals surface area (Å²) in [7, 11) is 3.22. The summed E-state index contributed by atoms with van der Waals surface area (Å²) in [5.41, 5.74) is 2.86. The van der Waals surface area contributed by atoms with Crippen molar-refractivity contribution in [2.45, 2.75) is 46.6 Å². The van der Waals surface area contributed by atoms with Gasteiger partial charge in [-0.25, -0.2) is 4.98 Å². The van der Waals surface area contributed by atoms with Crippen LogP contribution >= 0.6 is 0 Å². The van der Waals surface area contributed by atoms with Crippen molar-refractivity contribution in [1.82, 2.24) is 15.2 Å². The van der Waals surface area contributed by atoms with Gasteiger partial charge in [0.2, 0.25) is 11.8 Å². The third-order valence-corrected chi connectivity index (χ3v) is 7.18. The molecule has 9 heteroatoms. The van der Waals surface area contributed by atoms with Crippen molar-refractivity contribution in [2.24, 2.45) is 5.92 Å². The van der Waals surface area contributed by atoms with Gasteiger partial charge in [0.25, 0.3) is 0 Å². The van der Waals surface area contributed by atoms with E-state index < -0.39 is 0 Å². The Labute approximate surface area is 236 Å². The Bertz CT molecular complexity index is 1270. The number of carbonyl (C=O) groups is 1. The van der Waals surface area contributed by atoms with Gasteiger partial charge in [-0.15, -0.1) is 0 Å². The first kappa shape index (κ1) is 29.3. The monoisotopic (exact) mass is 551 g/mol. The Kier molecular flexibility index (Phi) is 10.3. The number of aromatic nitrogens is 1. The largest absolute Gasteiger partial charge is 0.493 e. The number of aryl methyl sites for hydroxylation is 1. The summed E-state index contributed by atoms with van der Waals surface area (Å²) in [6, 6.07) is 11.6. The van der Waals surface area contributed by atoms with E-state index in [1.807, 2.05) is 57.2 Å². The van der Waals surface area contributed by atoms with Crippen molar-refractivity contribution < 1.29 is 28.2 Å². The topological polar surface area (TPSA) is 95.3 Å². The van der Waals surface area contributed by atoms with E-state index in [1.54, 1.807) is 14.2 Å². The Morgan fingerprint density at radius 1 is 0.975 bits per heavy atom. The summed E-state index contributed by atoms with van der Waals surface area (Å²) < 4.78 is 28.1. The maximum absolute atomic E-state index is 12.9. The number of methoxy groups -OCH3 is 2. The number of nitrogens with one attached hydrogen (secondary N) is 1. The van der Waals surface area contributed by atoms with Gasteiger partial charge in [-0.3, -0.25) is 9.69 Å². The molecule has 0 radical (unpaired) electrons. The van der Waals surface area contributed by atoms with Crippen LogP contribution in [0.15, 0.2) is 40.8 Å². The summed E-state index contributed by atoms with van der Waals surface area (Å²) in [6.07, 6.45) is 2.39. The lowest BCUT2D eigenvalue weighted by Gasteiger charge is -2.30. The molecule has 216 valence electrons. The van der Waals surface area contributed by atoms with Crippen LogP contribution in [-0.4, -0.2) is 62.9 Å². The highest BCUT2D eigenvalue weighted by Crippen LogP contribution is 2.33. The summed E-state index contributed by atoms with van der Waals surface area (Å²) in [5.74, 6) is 4.30. The van der Waals surface area contributed by atoms with Crippen molar-refractivity contribution in [3.8, 4) is 34.5 Å². The minimum atomic E-state index is 0.0243. The Morgan fingerprint density at radius 2 is 1.68 bits per heavy atom. The number of ether oxygens (including phenoxy) is 4. The molecule has 0 bridgehead atoms. The number of rotatable bonds is 13. The molecule has 0 aliphatic carbocycles. The Balaban J connectivity index is 1.25. The molecule has 40 heavy (non-hydrogen) atoms. The number of oxazole rings is 1. The molecule has 1 aliphatic rings. The predicted octanol–water partition coefficient (Wildman–Crippen LogP) is 5.04. The molecule has 1 aromatic heterocycles. The summed E-state index contributed by atoms with van der Waals surface area (Å²) in [5, 5.41) is 3.13. The molecule has 9 nitrogen and oxygen atoms in total. The van der Waals surface area contributed by atoms with Gasteiger partial charge in [0.15, 0.2) is 23.0 Å². The number of piperidine rings is 1. The average molecular weight is 552 g/mol. The van der Waals surface area contributed by atoms with Gasteiger partial charge in [-0.05, 0) is 89.0 Å². The molecule has 1 aliphatic heterocycles. The van der Waals surface area contributed by atoms with Crippen LogP contribution in [0.4, 0.5) is 0 Å². The molecular weight excluding hydrogens is 510 g/mol. The predicted molar refractivity (Wildman–Crippen MR) is 153 cm³/mol. The first-order chi connectivity index (χ1) is 19.4. The third-order valence-electron chi connectivity index (χ3n) is 7.18. The number of amides is 1. The molecule has 1 fully saturated rings. The lowest BCUT2D eigenvalue weighted by atomic mass is 9.95. The highest BCUT2D eigenvalue weighted by atomic mass is 16.5. The SMILES string of the molecule is CCOc1ccc(CCNC(=O)C2CCN(Cc3nc(-c4ccc(OC)c(OC)c4)oc3C)CC2)cc1OCC. The van der Waals surface area contributed by atoms with Gasteiger partial charge in [0, 0.05) is 24.6 Å². The second-order valence-electron chi connectivity index (χ2n) is 9.83. The van der Waals surface area contributed by atoms with E-state index in [-0.39, 0.29) is 11.8 Å². The first-order valence-electron chi connectivity index (χ1n) is 14.0. The zero-order valence-corrected chi connectivity index (χ0v) is 24.2. The fourth-order valence-electron chi connectivity index (χ4n) is 4.96. The van der Waals surface area contributed by atoms with Gasteiger partial charge >= 0.3 is 0 Å². The third kappa shape index (κ3) is 7.27. The van der Waals surface area contributed by atoms with E-state index in [0.717, 1.165) is 66.4 Å². The number of nitrogens with zero attached hydrogens (tertiary/aromatic N) is 2. The van der Waals surface area contributed by atoms with Crippen LogP contribution in [-0.2, 0) is 17.8 Å². The van der Waals surface area contributed by atoms with Gasteiger partial charge in [-0.1, -0.05) is 6.07 Å². The Morgan fingerprint density at radius 3 is 2.38 bits per heavy atom. The van der Waals surface area contributed by atoms with Crippen LogP contribution in [0.3, 0.4) is 0 Å². The molecule has 2 heterocycles. The number of carbonyl (C=O) groups excluding carboxylic acids is 1. The second-order valence-corrected chi connectivity index (χ2v) is 9.83. The van der Waals surface area contributed by atoms with E-state index in [9.17, 15) is 4.79 Å². The Hall–Kier alpha value is -3.72. The minimum Gasteiger partial charge on any atom is -0.493 e. The summed E-state index contributed by atoms with van der Waals surface area (Å²) >= 11 is 0. The fraction of sp³-hybridized carbons (Fsp3) is 0.484. The highest BCUT2D eigenvalue weighted by Gasteiger charge is 2.26. The zero-order valence-electron chi connectivity index (χ0n) is 24.2. The highest BCUT2D eigenvalue weighted by molar-refractivity contribution is 5.78. The quantitative estimate of drug-likeness (QED) is 0.316. The fourth-order valence-corrected chi connectivity index (χ4v) is 4.96. The lowest BCUT2D eigenvalue weighted by Crippen LogP contribution is -2.40. The maximum atomic E-state index is 12.9. The molecule has 0 atom stereocenters. The van der Waals surface area contributed by atoms with Gasteiger partial charge in [0.05, 0.1) is 33.1 Å². The van der Waals surface area contributed by atoms with Crippen LogP contribution in [0.1, 0.15) is 43.7 Å². The van der Waals surface area contributed by atoms with Gasteiger partial charge < -0.3 is 28.7 Å². The van der Waals surface area contributed by atoms with Crippen LogP contribution in [0.2, 0.25) is 0 Å². The van der Waals surface area contributed by atoms with E-state index in [1.165, 1.54) is 0 Å². The molecule has 0 saturated carbocycles. The molecule has 1 saturated heterocycles. The van der Waals surface area contributed by atoms with Crippen LogP contribution in [0.5, 0.6) is 23.0 Å². The van der Waals surface area contributed by atoms with E-state index in [4.69, 9.17) is 28.3 Å². The molecule has 0 spiro atoms. The number of benzene rings is 2. The normalized spacial score (nSPS) is 14.1. The smallest absolute Gasteiger partial charge is 0.226 e. The molecule has 3 aromatic rings. The standard InChI is InChI=1S/C31H41N3O6/c1-6-38-27-10-8-22(18-29(27)39-7-2)12-15-32-30(35)23-13-16-34(17-14-23)20-25-21(3)40-31(33-25)24-9-11-26(36-4)28(19-24)37-5/h8-11,18-19,23H,6-7,12-17,20H2,1-5H3,(H,32,35). The summed E-state index contributed by atoms with van der Waals surface area (Å²) in [6.45, 7) is 9.98. The molecule has 0 unspecified atom stereocenters. The van der Waals surface area contributed by atoms with Crippen molar-refractivity contribution in [2.75, 3.05) is 47.1 Å². The van der Waals surface area contributed by atoms with Crippen LogP contribution < -0.4 is 24.3 Å². The van der Waals surface area contributed by atoms with Gasteiger partial charge in [0.1, 0.15) is 5.76 Å². The van der Waals surface area contributed by atoms with Gasteiger partial charge in [-0.2, -0.15) is 0 Å². The molecule has 1 amide bonds. The van der Waals surface area contributed by atoms with E-state index in [0.29, 0.717) is 43.7 Å². The summed E-state index contributed by atoms with van der Waals surface area (Å²) in [4.78, 5) is 20.0. The van der Waals surface area contributed by atoms with E-state index >= 15 is 0 Å². The zero-order chi connectivity index (χ0) is 28.5. The average Bonchev–Trinajstić information content (AvgIpc) is 3.34. The second kappa shape index (κ2) is 14.1. The van der Waals surface area contributed by atoms with Crippen molar-refractivity contribution in [3.05, 3.63) is 53.4 Å². The molecular formula is C31H41N3O6. The number of hydrogen-bond acceptors (Lipinski definition) is 8.